The summed E-state index contributed by atoms with van der Waals surface area (Å²) in [5.74, 6) is 1.05. The van der Waals surface area contributed by atoms with E-state index in [0.29, 0.717) is 11.7 Å². The van der Waals surface area contributed by atoms with Crippen molar-refractivity contribution < 1.29 is 2.85 Å². The van der Waals surface area contributed by atoms with E-state index in [-0.39, 0.29) is 2.85 Å². The van der Waals surface area contributed by atoms with Gasteiger partial charge in [0.05, 0.1) is 11.5 Å². The molecule has 0 amide bonds. The normalized spacial score (nSPS) is 16.4. The molecule has 134 valence electrons. The Hall–Kier alpha value is -1.81. The van der Waals surface area contributed by atoms with Crippen molar-refractivity contribution in [3.63, 3.8) is 0 Å². The molecular formula is C20H33N3S. The van der Waals surface area contributed by atoms with Crippen LogP contribution >= 0.6 is 11.3 Å². The predicted molar refractivity (Wildman–Crippen MR) is 110 cm³/mol. The molecule has 4 heteroatoms. The van der Waals surface area contributed by atoms with E-state index in [1.54, 1.807) is 11.3 Å². The number of anilines is 1. The molecule has 0 spiro atoms. The minimum Gasteiger partial charge on any atom is -0.386 e. The lowest BCUT2D eigenvalue weighted by atomic mass is 9.91. The SMILES string of the molecule is C=C(N)Nc1nc2c(s1)CC(c1cccc(CC)c1)CCC2.CC.[HH].[HH]. The van der Waals surface area contributed by atoms with E-state index in [4.69, 9.17) is 5.73 Å². The van der Waals surface area contributed by atoms with Gasteiger partial charge in [0, 0.05) is 7.73 Å². The Bertz CT molecular complexity index is 685. The number of hydrogen-bond acceptors (Lipinski definition) is 4. The molecule has 24 heavy (non-hydrogen) atoms. The number of rotatable bonds is 4. The molecule has 0 fully saturated rings. The lowest BCUT2D eigenvalue weighted by molar-refractivity contribution is 0.613. The minimum absolute atomic E-state index is 0. The first-order valence-electron chi connectivity index (χ1n) is 8.94. The first-order chi connectivity index (χ1) is 11.7. The quantitative estimate of drug-likeness (QED) is 0.695. The molecule has 2 aromatic rings. The first-order valence-corrected chi connectivity index (χ1v) is 9.76. The van der Waals surface area contributed by atoms with E-state index in [1.165, 1.54) is 34.5 Å². The molecule has 1 heterocycles. The maximum absolute atomic E-state index is 5.62. The van der Waals surface area contributed by atoms with Gasteiger partial charge in [0.25, 0.3) is 0 Å². The van der Waals surface area contributed by atoms with Crippen LogP contribution in [0.4, 0.5) is 5.13 Å². The summed E-state index contributed by atoms with van der Waals surface area (Å²) in [6.45, 7) is 9.90. The summed E-state index contributed by atoms with van der Waals surface area (Å²) < 4.78 is 0. The minimum atomic E-state index is 0. The van der Waals surface area contributed by atoms with Crippen LogP contribution in [0.2, 0.25) is 0 Å². The van der Waals surface area contributed by atoms with Crippen LogP contribution in [0.15, 0.2) is 36.7 Å². The fraction of sp³-hybridized carbons (Fsp3) is 0.450. The van der Waals surface area contributed by atoms with E-state index in [9.17, 15) is 0 Å². The third kappa shape index (κ3) is 4.60. The second-order valence-electron chi connectivity index (χ2n) is 5.93. The maximum atomic E-state index is 5.62. The molecule has 0 saturated heterocycles. The van der Waals surface area contributed by atoms with Crippen LogP contribution in [0.25, 0.3) is 0 Å². The van der Waals surface area contributed by atoms with Crippen molar-refractivity contribution in [2.24, 2.45) is 5.73 Å². The molecule has 1 aromatic carbocycles. The third-order valence-corrected chi connectivity index (χ3v) is 5.31. The number of nitrogens with one attached hydrogen (secondary N) is 1. The van der Waals surface area contributed by atoms with Gasteiger partial charge in [-0.3, -0.25) is 0 Å². The van der Waals surface area contributed by atoms with Gasteiger partial charge in [0.2, 0.25) is 0 Å². The van der Waals surface area contributed by atoms with E-state index < -0.39 is 0 Å². The highest BCUT2D eigenvalue weighted by atomic mass is 32.1. The number of nitrogens with two attached hydrogens (primary N) is 1. The summed E-state index contributed by atoms with van der Waals surface area (Å²) in [6, 6.07) is 9.06. The fourth-order valence-electron chi connectivity index (χ4n) is 3.12. The standard InChI is InChI=1S/C18H23N3S.C2H6.2H2/c1-3-13-6-4-7-14(10-13)15-8-5-9-16-17(11-15)22-18(21-16)20-12(2)19;1-2;;/h4,6-7,10,15H,2-3,5,8-9,11,19H2,1H3,(H,20,21);1-2H3;2*1H. The molecule has 3 nitrogen and oxygen atoms in total. The Labute approximate surface area is 153 Å². The molecule has 3 N–H and O–H groups in total. The van der Waals surface area contributed by atoms with E-state index in [1.807, 2.05) is 13.8 Å². The number of aromatic nitrogens is 1. The van der Waals surface area contributed by atoms with E-state index in [0.717, 1.165) is 24.4 Å². The van der Waals surface area contributed by atoms with Crippen LogP contribution < -0.4 is 11.1 Å². The van der Waals surface area contributed by atoms with Crippen molar-refractivity contribution in [3.8, 4) is 0 Å². The zero-order valence-electron chi connectivity index (χ0n) is 15.1. The molecule has 1 atom stereocenters. The van der Waals surface area contributed by atoms with Gasteiger partial charge in [0.1, 0.15) is 0 Å². The number of fused-ring (bicyclic) bond motifs is 1. The number of hydrogen-bond donors (Lipinski definition) is 2. The summed E-state index contributed by atoms with van der Waals surface area (Å²) in [6.07, 6.45) is 5.68. The van der Waals surface area contributed by atoms with Gasteiger partial charge < -0.3 is 11.1 Å². The lowest BCUT2D eigenvalue weighted by Gasteiger charge is -2.15. The zero-order valence-corrected chi connectivity index (χ0v) is 15.9. The van der Waals surface area contributed by atoms with Crippen molar-refractivity contribution in [1.82, 2.24) is 4.98 Å². The molecule has 0 saturated carbocycles. The predicted octanol–water partition coefficient (Wildman–Crippen LogP) is 5.73. The second kappa shape index (κ2) is 8.88. The van der Waals surface area contributed by atoms with Crippen LogP contribution in [-0.4, -0.2) is 4.98 Å². The molecule has 0 bridgehead atoms. The second-order valence-corrected chi connectivity index (χ2v) is 7.01. The van der Waals surface area contributed by atoms with Crippen LogP contribution in [0.1, 0.15) is 64.1 Å². The summed E-state index contributed by atoms with van der Waals surface area (Å²) >= 11 is 1.72. The summed E-state index contributed by atoms with van der Waals surface area (Å²) in [5.41, 5.74) is 9.76. The van der Waals surface area contributed by atoms with Crippen molar-refractivity contribution >= 4 is 16.5 Å². The van der Waals surface area contributed by atoms with Crippen LogP contribution in [-0.2, 0) is 19.3 Å². The van der Waals surface area contributed by atoms with Crippen molar-refractivity contribution in [3.05, 3.63) is 58.4 Å². The van der Waals surface area contributed by atoms with Gasteiger partial charge in [-0.1, -0.05) is 51.6 Å². The molecule has 1 aliphatic carbocycles. The Morgan fingerprint density at radius 1 is 1.46 bits per heavy atom. The number of thiazole rings is 1. The zero-order chi connectivity index (χ0) is 17.5. The maximum Gasteiger partial charge on any atom is 0.188 e. The summed E-state index contributed by atoms with van der Waals surface area (Å²) in [7, 11) is 0. The Balaban J connectivity index is 0.00000151. The molecule has 1 unspecified atom stereocenters. The molecule has 3 rings (SSSR count). The monoisotopic (exact) mass is 347 g/mol. The summed E-state index contributed by atoms with van der Waals surface area (Å²) in [5, 5.41) is 3.92. The van der Waals surface area contributed by atoms with E-state index in [2.05, 4.69) is 48.1 Å². The molecule has 1 aliphatic rings. The van der Waals surface area contributed by atoms with Gasteiger partial charge in [-0.05, 0) is 49.1 Å². The van der Waals surface area contributed by atoms with E-state index >= 15 is 0 Å². The van der Waals surface area contributed by atoms with Gasteiger partial charge in [0.15, 0.2) is 5.13 Å². The van der Waals surface area contributed by atoms with Crippen LogP contribution in [0.5, 0.6) is 0 Å². The van der Waals surface area contributed by atoms with Crippen molar-refractivity contribution in [2.75, 3.05) is 5.32 Å². The first kappa shape index (κ1) is 18.5. The smallest absolute Gasteiger partial charge is 0.188 e. The van der Waals surface area contributed by atoms with Gasteiger partial charge in [-0.25, -0.2) is 4.98 Å². The Kier molecular flexibility index (Phi) is 6.85. The van der Waals surface area contributed by atoms with Gasteiger partial charge >= 0.3 is 0 Å². The highest BCUT2D eigenvalue weighted by Gasteiger charge is 2.22. The highest BCUT2D eigenvalue weighted by Crippen LogP contribution is 2.36. The number of benzene rings is 1. The average Bonchev–Trinajstić information content (AvgIpc) is 2.85. The highest BCUT2D eigenvalue weighted by molar-refractivity contribution is 7.15. The van der Waals surface area contributed by atoms with Crippen molar-refractivity contribution in [1.29, 1.82) is 0 Å². The fourth-order valence-corrected chi connectivity index (χ4v) is 4.24. The number of aryl methyl sites for hydroxylation is 2. The topological polar surface area (TPSA) is 50.9 Å². The van der Waals surface area contributed by atoms with Crippen LogP contribution in [0, 0.1) is 0 Å². The largest absolute Gasteiger partial charge is 0.386 e. The summed E-state index contributed by atoms with van der Waals surface area (Å²) in [4.78, 5) is 6.08. The number of nitrogens with zero attached hydrogens (tertiary/aromatic N) is 1. The van der Waals surface area contributed by atoms with Crippen molar-refractivity contribution in [2.45, 2.75) is 58.8 Å². The average molecular weight is 348 g/mol. The molecule has 0 radical (unpaired) electrons. The molecular weight excluding hydrogens is 314 g/mol. The third-order valence-electron chi connectivity index (χ3n) is 4.27. The Morgan fingerprint density at radius 3 is 2.96 bits per heavy atom. The molecule has 0 aliphatic heterocycles. The van der Waals surface area contributed by atoms with Crippen LogP contribution in [0.3, 0.4) is 0 Å². The van der Waals surface area contributed by atoms with Gasteiger partial charge in [-0.2, -0.15) is 0 Å². The molecule has 1 aromatic heterocycles. The Morgan fingerprint density at radius 2 is 2.25 bits per heavy atom. The lowest BCUT2D eigenvalue weighted by Crippen LogP contribution is -2.06. The van der Waals surface area contributed by atoms with Gasteiger partial charge in [-0.15, -0.1) is 11.3 Å².